The summed E-state index contributed by atoms with van der Waals surface area (Å²) in [7, 11) is 2.02. The van der Waals surface area contributed by atoms with Gasteiger partial charge < -0.3 is 4.90 Å². The predicted molar refractivity (Wildman–Crippen MR) is 168 cm³/mol. The molecule has 0 fully saturated rings. The first-order chi connectivity index (χ1) is 19.0. The van der Waals surface area contributed by atoms with Gasteiger partial charge in [0.1, 0.15) is 5.84 Å². The third-order valence-corrected chi connectivity index (χ3v) is 7.36. The lowest BCUT2D eigenvalue weighted by Gasteiger charge is -2.31. The van der Waals surface area contributed by atoms with Crippen molar-refractivity contribution in [1.29, 1.82) is 5.41 Å². The highest BCUT2D eigenvalue weighted by molar-refractivity contribution is 6.11. The van der Waals surface area contributed by atoms with Crippen molar-refractivity contribution in [2.24, 2.45) is 4.99 Å². The largest absolute Gasteiger partial charge is 0.352 e. The van der Waals surface area contributed by atoms with Crippen LogP contribution in [-0.4, -0.2) is 29.7 Å². The van der Waals surface area contributed by atoms with Crippen molar-refractivity contribution in [2.75, 3.05) is 7.05 Å². The number of likely N-dealkylation sites (N-methyl/N-ethyl adjacent to an activating group) is 1. The van der Waals surface area contributed by atoms with Crippen molar-refractivity contribution in [3.05, 3.63) is 145 Å². The third-order valence-electron chi connectivity index (χ3n) is 7.36. The first-order valence-electron chi connectivity index (χ1n) is 13.3. The van der Waals surface area contributed by atoms with E-state index >= 15 is 0 Å². The molecule has 0 bridgehead atoms. The molecule has 5 aromatic rings. The van der Waals surface area contributed by atoms with Crippen LogP contribution in [0.2, 0.25) is 0 Å². The van der Waals surface area contributed by atoms with Crippen LogP contribution in [0.4, 0.5) is 0 Å². The second kappa shape index (κ2) is 11.3. The van der Waals surface area contributed by atoms with Gasteiger partial charge >= 0.3 is 0 Å². The molecule has 5 aromatic carbocycles. The molecule has 0 aliphatic heterocycles. The summed E-state index contributed by atoms with van der Waals surface area (Å²) in [6.07, 6.45) is 2.65. The summed E-state index contributed by atoms with van der Waals surface area (Å²) in [4.78, 5) is 7.03. The second-order valence-corrected chi connectivity index (χ2v) is 9.76. The predicted octanol–water partition coefficient (Wildman–Crippen LogP) is 8.88. The molecule has 0 saturated carbocycles. The summed E-state index contributed by atoms with van der Waals surface area (Å²) in [5, 5.41) is 13.7. The molecule has 192 valence electrons. The highest BCUT2D eigenvalue weighted by atomic mass is 15.2. The number of rotatable bonds is 7. The van der Waals surface area contributed by atoms with E-state index in [0.717, 1.165) is 39.9 Å². The average Bonchev–Trinajstić information content (AvgIpc) is 2.99. The molecule has 0 saturated heterocycles. The van der Waals surface area contributed by atoms with E-state index in [2.05, 4.69) is 110 Å². The van der Waals surface area contributed by atoms with Gasteiger partial charge in [-0.2, -0.15) is 0 Å². The van der Waals surface area contributed by atoms with Crippen LogP contribution in [0.15, 0.2) is 139 Å². The van der Waals surface area contributed by atoms with E-state index in [9.17, 15) is 0 Å². The number of nitrogens with one attached hydrogen (secondary N) is 1. The lowest BCUT2D eigenvalue weighted by molar-refractivity contribution is 0.406. The molecule has 0 aromatic heterocycles. The zero-order valence-electron chi connectivity index (χ0n) is 22.6. The van der Waals surface area contributed by atoms with E-state index < -0.39 is 0 Å². The lowest BCUT2D eigenvalue weighted by atomic mass is 9.97. The SMILES string of the molecule is C=CC(=C)C(CC)N(C)C(=NC(=N)c1ccc(-c2cccc3ccccc23)cc1)c1ccc2ccccc2c1. The molecule has 3 nitrogen and oxygen atoms in total. The fraction of sp³-hybridized carbons (Fsp3) is 0.111. The third kappa shape index (κ3) is 5.30. The normalized spacial score (nSPS) is 12.3. The average molecular weight is 508 g/mol. The van der Waals surface area contributed by atoms with Crippen molar-refractivity contribution in [2.45, 2.75) is 19.4 Å². The van der Waals surface area contributed by atoms with Gasteiger partial charge in [-0.1, -0.05) is 129 Å². The van der Waals surface area contributed by atoms with E-state index in [1.165, 1.54) is 21.7 Å². The van der Waals surface area contributed by atoms with Gasteiger partial charge in [-0.3, -0.25) is 5.41 Å². The van der Waals surface area contributed by atoms with E-state index in [1.807, 2.05) is 31.3 Å². The van der Waals surface area contributed by atoms with Crippen LogP contribution in [0, 0.1) is 5.41 Å². The Kier molecular flexibility index (Phi) is 7.51. The van der Waals surface area contributed by atoms with Crippen molar-refractivity contribution in [1.82, 2.24) is 4.90 Å². The molecule has 0 radical (unpaired) electrons. The zero-order chi connectivity index (χ0) is 27.4. The lowest BCUT2D eigenvalue weighted by Crippen LogP contribution is -2.38. The van der Waals surface area contributed by atoms with E-state index in [0.29, 0.717) is 0 Å². The van der Waals surface area contributed by atoms with Gasteiger partial charge in [-0.05, 0) is 50.7 Å². The maximum absolute atomic E-state index is 8.97. The van der Waals surface area contributed by atoms with Crippen LogP contribution in [0.5, 0.6) is 0 Å². The van der Waals surface area contributed by atoms with E-state index in [-0.39, 0.29) is 11.9 Å². The molecule has 0 heterocycles. The number of hydrogen-bond donors (Lipinski definition) is 1. The summed E-state index contributed by atoms with van der Waals surface area (Å²) in [6.45, 7) is 10.3. The van der Waals surface area contributed by atoms with Crippen LogP contribution in [-0.2, 0) is 0 Å². The minimum absolute atomic E-state index is 0.0225. The zero-order valence-corrected chi connectivity index (χ0v) is 22.6. The Bertz CT molecular complexity index is 1700. The standard InChI is InChI=1S/C36H33N3/c1-5-25(3)34(6-2)39(4)36(31-23-18-26-12-7-8-14-30(26)24-31)38-35(37)29-21-19-28(20-22-29)33-17-11-15-27-13-9-10-16-32(27)33/h5,7-24,34,37H,1,3,6H2,2,4H3. The minimum atomic E-state index is 0.0225. The molecule has 1 atom stereocenters. The van der Waals surface area contributed by atoms with E-state index in [4.69, 9.17) is 10.4 Å². The summed E-state index contributed by atoms with van der Waals surface area (Å²) >= 11 is 0. The maximum Gasteiger partial charge on any atom is 0.154 e. The molecule has 5 rings (SSSR count). The van der Waals surface area contributed by atoms with Crippen molar-refractivity contribution >= 4 is 33.2 Å². The number of fused-ring (bicyclic) bond motifs is 2. The molecule has 0 spiro atoms. The fourth-order valence-electron chi connectivity index (χ4n) is 5.20. The Labute approximate surface area is 231 Å². The minimum Gasteiger partial charge on any atom is -0.352 e. The Balaban J connectivity index is 1.53. The Morgan fingerprint density at radius 3 is 2.18 bits per heavy atom. The molecule has 3 heteroatoms. The molecular formula is C36H33N3. The highest BCUT2D eigenvalue weighted by Gasteiger charge is 2.21. The van der Waals surface area contributed by atoms with Gasteiger partial charge in [0.05, 0.1) is 6.04 Å². The molecule has 39 heavy (non-hydrogen) atoms. The summed E-state index contributed by atoms with van der Waals surface area (Å²) < 4.78 is 0. The quantitative estimate of drug-likeness (QED) is 0.133. The summed E-state index contributed by atoms with van der Waals surface area (Å²) in [5.41, 5.74) is 4.96. The monoisotopic (exact) mass is 507 g/mol. The molecule has 0 aliphatic carbocycles. The van der Waals surface area contributed by atoms with Gasteiger partial charge in [0.15, 0.2) is 5.84 Å². The number of amidine groups is 2. The van der Waals surface area contributed by atoms with Crippen LogP contribution >= 0.6 is 0 Å². The topological polar surface area (TPSA) is 39.5 Å². The van der Waals surface area contributed by atoms with Gasteiger partial charge in [0, 0.05) is 18.2 Å². The number of aliphatic imine (C=N–C) groups is 1. The molecule has 0 amide bonds. The van der Waals surface area contributed by atoms with Crippen LogP contribution in [0.1, 0.15) is 24.5 Å². The molecular weight excluding hydrogens is 474 g/mol. The van der Waals surface area contributed by atoms with Gasteiger partial charge in [0.2, 0.25) is 0 Å². The summed E-state index contributed by atoms with van der Waals surface area (Å²) in [6, 6.07) is 37.6. The van der Waals surface area contributed by atoms with Gasteiger partial charge in [-0.15, -0.1) is 0 Å². The summed E-state index contributed by atoms with van der Waals surface area (Å²) in [5.74, 6) is 0.951. The Hall–Kier alpha value is -4.76. The molecule has 1 N–H and O–H groups in total. The first-order valence-corrected chi connectivity index (χ1v) is 13.3. The first kappa shape index (κ1) is 25.9. The highest BCUT2D eigenvalue weighted by Crippen LogP contribution is 2.29. The van der Waals surface area contributed by atoms with Crippen LogP contribution in [0.25, 0.3) is 32.7 Å². The van der Waals surface area contributed by atoms with Crippen LogP contribution in [0.3, 0.4) is 0 Å². The van der Waals surface area contributed by atoms with Crippen molar-refractivity contribution in [3.63, 3.8) is 0 Å². The number of nitrogens with zero attached hydrogens (tertiary/aromatic N) is 2. The number of hydrogen-bond acceptors (Lipinski definition) is 1. The van der Waals surface area contributed by atoms with E-state index in [1.54, 1.807) is 6.08 Å². The van der Waals surface area contributed by atoms with Crippen molar-refractivity contribution < 1.29 is 0 Å². The smallest absolute Gasteiger partial charge is 0.154 e. The Morgan fingerprint density at radius 2 is 1.46 bits per heavy atom. The molecule has 1 unspecified atom stereocenters. The number of benzene rings is 5. The van der Waals surface area contributed by atoms with Gasteiger partial charge in [0.25, 0.3) is 0 Å². The fourth-order valence-corrected chi connectivity index (χ4v) is 5.20. The van der Waals surface area contributed by atoms with Gasteiger partial charge in [-0.25, -0.2) is 4.99 Å². The Morgan fingerprint density at radius 1 is 0.821 bits per heavy atom. The van der Waals surface area contributed by atoms with Crippen molar-refractivity contribution in [3.8, 4) is 11.1 Å². The second-order valence-electron chi connectivity index (χ2n) is 9.76. The maximum atomic E-state index is 8.97. The molecule has 0 aliphatic rings. The van der Waals surface area contributed by atoms with Crippen LogP contribution < -0.4 is 0 Å².